The van der Waals surface area contributed by atoms with Gasteiger partial charge in [-0.05, 0) is 53.4 Å². The van der Waals surface area contributed by atoms with Gasteiger partial charge in [-0.2, -0.15) is 0 Å². The maximum atomic E-state index is 12.6. The molecule has 112 valence electrons. The molecule has 0 radical (unpaired) electrons. The molecule has 2 aliphatic carbocycles. The molecule has 4 heteroatoms. The van der Waals surface area contributed by atoms with Crippen molar-refractivity contribution in [3.63, 3.8) is 0 Å². The molecule has 0 unspecified atom stereocenters. The number of esters is 2. The van der Waals surface area contributed by atoms with Gasteiger partial charge in [0.2, 0.25) is 0 Å². The van der Waals surface area contributed by atoms with Crippen molar-refractivity contribution in [2.75, 3.05) is 13.2 Å². The largest absolute Gasteiger partial charge is 0.465 e. The van der Waals surface area contributed by atoms with Crippen LogP contribution in [0, 0.1) is 10.8 Å². The van der Waals surface area contributed by atoms with E-state index < -0.39 is 17.4 Å². The van der Waals surface area contributed by atoms with Gasteiger partial charge in [-0.3, -0.25) is 9.59 Å². The third-order valence-corrected chi connectivity index (χ3v) is 4.87. The minimum absolute atomic E-state index is 0.269. The van der Waals surface area contributed by atoms with Gasteiger partial charge in [0.25, 0.3) is 0 Å². The Morgan fingerprint density at radius 1 is 0.950 bits per heavy atom. The van der Waals surface area contributed by atoms with E-state index in [1.54, 1.807) is 13.8 Å². The lowest BCUT2D eigenvalue weighted by atomic mass is 9.62. The molecule has 0 saturated heterocycles. The number of allylic oxidation sites excluding steroid dienone is 2. The second kappa shape index (κ2) is 5.23. The molecule has 1 fully saturated rings. The molecule has 1 spiro atoms. The summed E-state index contributed by atoms with van der Waals surface area (Å²) in [7, 11) is 0. The fourth-order valence-electron chi connectivity index (χ4n) is 3.47. The van der Waals surface area contributed by atoms with E-state index in [2.05, 4.69) is 6.92 Å². The van der Waals surface area contributed by atoms with Crippen molar-refractivity contribution in [1.82, 2.24) is 0 Å². The first-order valence-corrected chi connectivity index (χ1v) is 7.43. The summed E-state index contributed by atoms with van der Waals surface area (Å²) < 4.78 is 10.5. The second-order valence-electron chi connectivity index (χ2n) is 6.04. The fourth-order valence-corrected chi connectivity index (χ4v) is 3.47. The first-order valence-electron chi connectivity index (χ1n) is 7.43. The molecule has 0 heterocycles. The fraction of sp³-hybridized carbons (Fsp3) is 0.750. The zero-order valence-corrected chi connectivity index (χ0v) is 12.9. The van der Waals surface area contributed by atoms with Gasteiger partial charge in [0.15, 0.2) is 5.41 Å². The van der Waals surface area contributed by atoms with Crippen LogP contribution < -0.4 is 0 Å². The minimum atomic E-state index is -1.12. The highest BCUT2D eigenvalue weighted by molar-refractivity contribution is 6.02. The molecule has 0 amide bonds. The lowest BCUT2D eigenvalue weighted by molar-refractivity contribution is -0.179. The lowest BCUT2D eigenvalue weighted by Gasteiger charge is -2.41. The van der Waals surface area contributed by atoms with Gasteiger partial charge in [-0.1, -0.05) is 11.1 Å². The van der Waals surface area contributed by atoms with Crippen molar-refractivity contribution < 1.29 is 19.1 Å². The van der Waals surface area contributed by atoms with Gasteiger partial charge in [0.1, 0.15) is 0 Å². The third-order valence-electron chi connectivity index (χ3n) is 4.87. The second-order valence-corrected chi connectivity index (χ2v) is 6.04. The van der Waals surface area contributed by atoms with E-state index in [1.165, 1.54) is 5.57 Å². The van der Waals surface area contributed by atoms with Crippen LogP contribution in [0.5, 0.6) is 0 Å². The van der Waals surface area contributed by atoms with E-state index in [0.29, 0.717) is 6.42 Å². The topological polar surface area (TPSA) is 52.6 Å². The molecule has 0 N–H and O–H groups in total. The van der Waals surface area contributed by atoms with E-state index in [0.717, 1.165) is 24.8 Å². The van der Waals surface area contributed by atoms with Gasteiger partial charge in [0.05, 0.1) is 13.2 Å². The number of carbonyl (C=O) groups excluding carboxylic acids is 2. The number of hydrogen-bond acceptors (Lipinski definition) is 4. The quantitative estimate of drug-likeness (QED) is 0.451. The van der Waals surface area contributed by atoms with Crippen LogP contribution in [0.25, 0.3) is 0 Å². The van der Waals surface area contributed by atoms with Crippen molar-refractivity contribution in [1.29, 1.82) is 0 Å². The summed E-state index contributed by atoms with van der Waals surface area (Å²) in [6.45, 7) is 8.21. The first kappa shape index (κ1) is 15.1. The van der Waals surface area contributed by atoms with E-state index in [-0.39, 0.29) is 18.6 Å². The Hall–Kier alpha value is -1.32. The van der Waals surface area contributed by atoms with E-state index in [1.807, 2.05) is 6.92 Å². The van der Waals surface area contributed by atoms with Gasteiger partial charge in [-0.25, -0.2) is 0 Å². The summed E-state index contributed by atoms with van der Waals surface area (Å²) in [5.41, 5.74) is 1.02. The van der Waals surface area contributed by atoms with Crippen LogP contribution in [0.4, 0.5) is 0 Å². The van der Waals surface area contributed by atoms with Crippen LogP contribution in [0.1, 0.15) is 53.4 Å². The Kier molecular flexibility index (Phi) is 3.94. The van der Waals surface area contributed by atoms with Crippen molar-refractivity contribution in [2.24, 2.45) is 10.8 Å². The smallest absolute Gasteiger partial charge is 0.324 e. The average molecular weight is 280 g/mol. The Morgan fingerprint density at radius 2 is 1.40 bits per heavy atom. The van der Waals surface area contributed by atoms with Gasteiger partial charge < -0.3 is 9.47 Å². The highest BCUT2D eigenvalue weighted by Gasteiger charge is 2.70. The summed E-state index contributed by atoms with van der Waals surface area (Å²) >= 11 is 0. The summed E-state index contributed by atoms with van der Waals surface area (Å²) in [5.74, 6) is -0.800. The maximum absolute atomic E-state index is 12.6. The Balaban J connectivity index is 2.46. The maximum Gasteiger partial charge on any atom is 0.324 e. The molecule has 20 heavy (non-hydrogen) atoms. The summed E-state index contributed by atoms with van der Waals surface area (Å²) in [6, 6.07) is 0. The van der Waals surface area contributed by atoms with Gasteiger partial charge in [0, 0.05) is 5.41 Å². The minimum Gasteiger partial charge on any atom is -0.465 e. The van der Waals surface area contributed by atoms with E-state index >= 15 is 0 Å². The summed E-state index contributed by atoms with van der Waals surface area (Å²) in [4.78, 5) is 25.2. The van der Waals surface area contributed by atoms with Crippen LogP contribution in [-0.4, -0.2) is 25.2 Å². The molecule has 0 aromatic rings. The molecule has 0 atom stereocenters. The number of rotatable bonds is 4. The van der Waals surface area contributed by atoms with E-state index in [4.69, 9.17) is 9.47 Å². The molecular weight excluding hydrogens is 256 g/mol. The van der Waals surface area contributed by atoms with Gasteiger partial charge in [-0.15, -0.1) is 0 Å². The molecule has 0 bridgehead atoms. The molecule has 2 aliphatic rings. The SMILES string of the molecule is CCOC(=O)C1(C(=O)OCC)CC(C)=C(C)CC12CC2. The Morgan fingerprint density at radius 3 is 1.80 bits per heavy atom. The molecule has 0 aliphatic heterocycles. The summed E-state index contributed by atoms with van der Waals surface area (Å²) in [5, 5.41) is 0. The number of carbonyl (C=O) groups is 2. The predicted molar refractivity (Wildman–Crippen MR) is 75.0 cm³/mol. The molecule has 0 aromatic heterocycles. The van der Waals surface area contributed by atoms with Crippen LogP contribution in [0.3, 0.4) is 0 Å². The first-order chi connectivity index (χ1) is 9.43. The van der Waals surface area contributed by atoms with Crippen molar-refractivity contribution in [2.45, 2.75) is 53.4 Å². The monoisotopic (exact) mass is 280 g/mol. The molecule has 2 rings (SSSR count). The molecule has 4 nitrogen and oxygen atoms in total. The lowest BCUT2D eigenvalue weighted by Crippen LogP contribution is -2.51. The Bertz CT molecular complexity index is 439. The predicted octanol–water partition coefficient (Wildman–Crippen LogP) is 3.01. The third kappa shape index (κ3) is 2.05. The van der Waals surface area contributed by atoms with Crippen LogP contribution in [0.15, 0.2) is 11.1 Å². The van der Waals surface area contributed by atoms with Crippen molar-refractivity contribution in [3.8, 4) is 0 Å². The molecule has 0 aromatic carbocycles. The highest BCUT2D eigenvalue weighted by Crippen LogP contribution is 2.67. The standard InChI is InChI=1S/C16H24O4/c1-5-19-13(17)16(14(18)20-6-2)10-12(4)11(3)9-15(16)7-8-15/h5-10H2,1-4H3. The van der Waals surface area contributed by atoms with Crippen LogP contribution >= 0.6 is 0 Å². The van der Waals surface area contributed by atoms with E-state index in [9.17, 15) is 9.59 Å². The average Bonchev–Trinajstić information content (AvgIpc) is 3.15. The number of ether oxygens (including phenoxy) is 2. The van der Waals surface area contributed by atoms with Crippen LogP contribution in [0.2, 0.25) is 0 Å². The summed E-state index contributed by atoms with van der Waals surface area (Å²) in [6.07, 6.45) is 3.04. The molecule has 1 saturated carbocycles. The van der Waals surface area contributed by atoms with Crippen molar-refractivity contribution in [3.05, 3.63) is 11.1 Å². The zero-order valence-electron chi connectivity index (χ0n) is 12.9. The normalized spacial score (nSPS) is 22.6. The number of hydrogen-bond donors (Lipinski definition) is 0. The highest BCUT2D eigenvalue weighted by atomic mass is 16.6. The van der Waals surface area contributed by atoms with Crippen molar-refractivity contribution >= 4 is 11.9 Å². The van der Waals surface area contributed by atoms with Crippen LogP contribution in [-0.2, 0) is 19.1 Å². The Labute approximate surface area is 120 Å². The van der Waals surface area contributed by atoms with Gasteiger partial charge >= 0.3 is 11.9 Å². The zero-order chi connectivity index (χ0) is 15.0. The molecular formula is C16H24O4.